The van der Waals surface area contributed by atoms with Gasteiger partial charge in [0.2, 0.25) is 0 Å². The van der Waals surface area contributed by atoms with Crippen molar-refractivity contribution in [1.29, 1.82) is 0 Å². The average Bonchev–Trinajstić information content (AvgIpc) is 2.94. The van der Waals surface area contributed by atoms with E-state index in [1.807, 2.05) is 19.1 Å². The van der Waals surface area contributed by atoms with Crippen molar-refractivity contribution < 1.29 is 4.79 Å². The van der Waals surface area contributed by atoms with Gasteiger partial charge in [-0.25, -0.2) is 0 Å². The number of fused-ring (bicyclic) bond motifs is 1. The molecule has 2 N–H and O–H groups in total. The predicted octanol–water partition coefficient (Wildman–Crippen LogP) is 3.10. The molecule has 0 radical (unpaired) electrons. The Kier molecular flexibility index (Phi) is 3.54. The molecule has 0 unspecified atom stereocenters. The molecule has 0 aliphatic heterocycles. The molecule has 0 spiro atoms. The molecule has 0 bridgehead atoms. The van der Waals surface area contributed by atoms with Crippen molar-refractivity contribution >= 4 is 11.7 Å². The van der Waals surface area contributed by atoms with Gasteiger partial charge in [0, 0.05) is 11.1 Å². The molecular weight excluding hydrogens is 250 g/mol. The highest BCUT2D eigenvalue weighted by molar-refractivity contribution is 6.04. The number of aromatic nitrogens is 2. The van der Waals surface area contributed by atoms with Crippen LogP contribution in [0.3, 0.4) is 0 Å². The van der Waals surface area contributed by atoms with Crippen LogP contribution in [-0.4, -0.2) is 16.1 Å². The van der Waals surface area contributed by atoms with Crippen LogP contribution in [0, 0.1) is 0 Å². The maximum atomic E-state index is 12.3. The van der Waals surface area contributed by atoms with Crippen molar-refractivity contribution in [1.82, 2.24) is 10.2 Å². The van der Waals surface area contributed by atoms with E-state index in [9.17, 15) is 4.79 Å². The SMILES string of the molecule is CCc1cn[nH]c1NC(=O)c1ccc2c(c1)CCCC2. The van der Waals surface area contributed by atoms with Gasteiger partial charge in [-0.1, -0.05) is 13.0 Å². The average molecular weight is 269 g/mol. The first-order chi connectivity index (χ1) is 9.78. The van der Waals surface area contributed by atoms with Gasteiger partial charge in [0.25, 0.3) is 5.91 Å². The number of carbonyl (C=O) groups is 1. The van der Waals surface area contributed by atoms with Crippen molar-refractivity contribution in [3.8, 4) is 0 Å². The molecule has 0 saturated heterocycles. The summed E-state index contributed by atoms with van der Waals surface area (Å²) >= 11 is 0. The quantitative estimate of drug-likeness (QED) is 0.899. The second-order valence-corrected chi connectivity index (χ2v) is 5.27. The highest BCUT2D eigenvalue weighted by Crippen LogP contribution is 2.23. The zero-order chi connectivity index (χ0) is 13.9. The van der Waals surface area contributed by atoms with Gasteiger partial charge >= 0.3 is 0 Å². The molecule has 0 fully saturated rings. The van der Waals surface area contributed by atoms with E-state index in [2.05, 4.69) is 21.6 Å². The summed E-state index contributed by atoms with van der Waals surface area (Å²) in [6, 6.07) is 6.05. The highest BCUT2D eigenvalue weighted by Gasteiger charge is 2.14. The summed E-state index contributed by atoms with van der Waals surface area (Å²) in [7, 11) is 0. The summed E-state index contributed by atoms with van der Waals surface area (Å²) in [6.07, 6.45) is 7.29. The molecule has 3 rings (SSSR count). The van der Waals surface area contributed by atoms with Crippen LogP contribution >= 0.6 is 0 Å². The van der Waals surface area contributed by atoms with Gasteiger partial charge in [-0.05, 0) is 55.4 Å². The Bertz CT molecular complexity index is 630. The Balaban J connectivity index is 1.80. The molecule has 1 aromatic carbocycles. The lowest BCUT2D eigenvalue weighted by molar-refractivity contribution is 0.102. The highest BCUT2D eigenvalue weighted by atomic mass is 16.1. The number of nitrogens with zero attached hydrogens (tertiary/aromatic N) is 1. The number of carbonyl (C=O) groups excluding carboxylic acids is 1. The molecule has 20 heavy (non-hydrogen) atoms. The molecule has 0 atom stereocenters. The lowest BCUT2D eigenvalue weighted by atomic mass is 9.90. The fourth-order valence-corrected chi connectivity index (χ4v) is 2.75. The van der Waals surface area contributed by atoms with Crippen LogP contribution < -0.4 is 5.32 Å². The second-order valence-electron chi connectivity index (χ2n) is 5.27. The summed E-state index contributed by atoms with van der Waals surface area (Å²) in [5, 5.41) is 9.72. The molecule has 1 amide bonds. The van der Waals surface area contributed by atoms with Gasteiger partial charge < -0.3 is 5.32 Å². The van der Waals surface area contributed by atoms with E-state index in [1.165, 1.54) is 24.0 Å². The maximum Gasteiger partial charge on any atom is 0.256 e. The zero-order valence-electron chi connectivity index (χ0n) is 11.7. The van der Waals surface area contributed by atoms with Crippen LogP contribution in [0.4, 0.5) is 5.82 Å². The number of H-pyrrole nitrogens is 1. The Morgan fingerprint density at radius 2 is 2.10 bits per heavy atom. The summed E-state index contributed by atoms with van der Waals surface area (Å²) in [5.74, 6) is 0.632. The lowest BCUT2D eigenvalue weighted by Crippen LogP contribution is -2.14. The number of amides is 1. The monoisotopic (exact) mass is 269 g/mol. The number of aromatic amines is 1. The third kappa shape index (κ3) is 2.46. The molecule has 1 aromatic heterocycles. The Morgan fingerprint density at radius 3 is 2.90 bits per heavy atom. The van der Waals surface area contributed by atoms with Crippen molar-refractivity contribution in [3.63, 3.8) is 0 Å². The molecule has 1 aliphatic rings. The molecule has 1 heterocycles. The van der Waals surface area contributed by atoms with Crippen molar-refractivity contribution in [2.24, 2.45) is 0 Å². The second kappa shape index (κ2) is 5.49. The number of rotatable bonds is 3. The third-order valence-corrected chi connectivity index (χ3v) is 3.95. The normalized spacial score (nSPS) is 13.8. The predicted molar refractivity (Wildman–Crippen MR) is 79.0 cm³/mol. The molecular formula is C16H19N3O. The van der Waals surface area contributed by atoms with Crippen molar-refractivity contribution in [2.75, 3.05) is 5.32 Å². The van der Waals surface area contributed by atoms with E-state index >= 15 is 0 Å². The maximum absolute atomic E-state index is 12.3. The van der Waals surface area contributed by atoms with Crippen molar-refractivity contribution in [2.45, 2.75) is 39.0 Å². The van der Waals surface area contributed by atoms with Gasteiger partial charge in [-0.3, -0.25) is 9.89 Å². The van der Waals surface area contributed by atoms with Crippen molar-refractivity contribution in [3.05, 3.63) is 46.6 Å². The van der Waals surface area contributed by atoms with E-state index < -0.39 is 0 Å². The fourth-order valence-electron chi connectivity index (χ4n) is 2.75. The van der Waals surface area contributed by atoms with E-state index in [4.69, 9.17) is 0 Å². The smallest absolute Gasteiger partial charge is 0.256 e. The van der Waals surface area contributed by atoms with Gasteiger partial charge in [0.05, 0.1) is 6.20 Å². The molecule has 0 saturated carbocycles. The standard InChI is InChI=1S/C16H19N3O/c1-2-11-10-17-19-15(11)18-16(20)14-8-7-12-5-3-4-6-13(12)9-14/h7-10H,2-6H2,1H3,(H2,17,18,19,20). The summed E-state index contributed by atoms with van der Waals surface area (Å²) in [4.78, 5) is 12.3. The molecule has 2 aromatic rings. The topological polar surface area (TPSA) is 57.8 Å². The van der Waals surface area contributed by atoms with E-state index in [-0.39, 0.29) is 5.91 Å². The Hall–Kier alpha value is -2.10. The number of hydrogen-bond acceptors (Lipinski definition) is 2. The fraction of sp³-hybridized carbons (Fsp3) is 0.375. The third-order valence-electron chi connectivity index (χ3n) is 3.95. The largest absolute Gasteiger partial charge is 0.307 e. The van der Waals surface area contributed by atoms with Gasteiger partial charge in [0.15, 0.2) is 0 Å². The van der Waals surface area contributed by atoms with Crippen LogP contribution in [0.15, 0.2) is 24.4 Å². The minimum atomic E-state index is -0.0719. The summed E-state index contributed by atoms with van der Waals surface area (Å²) < 4.78 is 0. The molecule has 1 aliphatic carbocycles. The van der Waals surface area contributed by atoms with E-state index in [1.54, 1.807) is 6.20 Å². The number of nitrogens with one attached hydrogen (secondary N) is 2. The summed E-state index contributed by atoms with van der Waals surface area (Å²) in [5.41, 5.74) is 4.46. The van der Waals surface area contributed by atoms with Crippen LogP contribution in [0.2, 0.25) is 0 Å². The van der Waals surface area contributed by atoms with Crippen LogP contribution in [0.25, 0.3) is 0 Å². The van der Waals surface area contributed by atoms with Crippen LogP contribution in [0.5, 0.6) is 0 Å². The number of anilines is 1. The molecule has 104 valence electrons. The number of hydrogen-bond donors (Lipinski definition) is 2. The number of aryl methyl sites for hydroxylation is 3. The van der Waals surface area contributed by atoms with Crippen LogP contribution in [0.1, 0.15) is 46.8 Å². The first kappa shape index (κ1) is 12.9. The molecule has 4 nitrogen and oxygen atoms in total. The minimum Gasteiger partial charge on any atom is -0.307 e. The lowest BCUT2D eigenvalue weighted by Gasteiger charge is -2.16. The zero-order valence-corrected chi connectivity index (χ0v) is 11.7. The van der Waals surface area contributed by atoms with Gasteiger partial charge in [-0.2, -0.15) is 5.10 Å². The first-order valence-electron chi connectivity index (χ1n) is 7.23. The van der Waals surface area contributed by atoms with Gasteiger partial charge in [-0.15, -0.1) is 0 Å². The molecule has 4 heteroatoms. The van der Waals surface area contributed by atoms with E-state index in [0.29, 0.717) is 5.82 Å². The number of benzene rings is 1. The first-order valence-corrected chi connectivity index (χ1v) is 7.23. The summed E-state index contributed by atoms with van der Waals surface area (Å²) in [6.45, 7) is 2.04. The van der Waals surface area contributed by atoms with Gasteiger partial charge in [0.1, 0.15) is 5.82 Å². The van der Waals surface area contributed by atoms with E-state index in [0.717, 1.165) is 30.4 Å². The Labute approximate surface area is 118 Å². The Morgan fingerprint density at radius 1 is 1.30 bits per heavy atom. The van der Waals surface area contributed by atoms with Crippen LogP contribution in [-0.2, 0) is 19.3 Å². The minimum absolute atomic E-state index is 0.0719.